The van der Waals surface area contributed by atoms with Gasteiger partial charge in [-0.2, -0.15) is 5.26 Å². The van der Waals surface area contributed by atoms with Crippen molar-refractivity contribution in [3.05, 3.63) is 71.6 Å². The lowest BCUT2D eigenvalue weighted by Gasteiger charge is -2.35. The SMILES string of the molecule is C=C(C)C(=CC(C#N)=CC)CCN1CCN(C(=O)Cc2ccc(-n3cnnn3)cc2)CC1. The second-order valence-electron chi connectivity index (χ2n) is 7.88. The highest BCUT2D eigenvalue weighted by molar-refractivity contribution is 5.79. The first kappa shape index (κ1) is 23.1. The van der Waals surface area contributed by atoms with E-state index in [0.717, 1.165) is 61.5 Å². The molecule has 0 radical (unpaired) electrons. The van der Waals surface area contributed by atoms with Crippen molar-refractivity contribution in [2.45, 2.75) is 26.7 Å². The smallest absolute Gasteiger partial charge is 0.227 e. The molecule has 3 rings (SSSR count). The summed E-state index contributed by atoms with van der Waals surface area (Å²) in [5.41, 5.74) is 4.58. The molecular weight excluding hydrogens is 402 g/mol. The van der Waals surface area contributed by atoms with E-state index in [1.165, 1.54) is 6.33 Å². The van der Waals surface area contributed by atoms with E-state index < -0.39 is 0 Å². The van der Waals surface area contributed by atoms with Crippen LogP contribution in [0.2, 0.25) is 0 Å². The second kappa shape index (κ2) is 11.2. The molecular formula is C24H29N7O. The summed E-state index contributed by atoms with van der Waals surface area (Å²) in [6.07, 6.45) is 6.51. The molecule has 1 amide bonds. The number of allylic oxidation sites excluding steroid dienone is 4. The van der Waals surface area contributed by atoms with Crippen molar-refractivity contribution in [2.24, 2.45) is 0 Å². The third kappa shape index (κ3) is 6.22. The lowest BCUT2D eigenvalue weighted by molar-refractivity contribution is -0.132. The molecule has 1 aliphatic heterocycles. The Kier molecular flexibility index (Phi) is 8.06. The topological polar surface area (TPSA) is 90.9 Å². The predicted molar refractivity (Wildman–Crippen MR) is 123 cm³/mol. The molecule has 1 fully saturated rings. The molecule has 1 aliphatic rings. The molecule has 0 aliphatic carbocycles. The van der Waals surface area contributed by atoms with E-state index in [9.17, 15) is 4.79 Å². The maximum Gasteiger partial charge on any atom is 0.227 e. The van der Waals surface area contributed by atoms with E-state index >= 15 is 0 Å². The summed E-state index contributed by atoms with van der Waals surface area (Å²) in [4.78, 5) is 17.0. The Bertz CT molecular complexity index is 1020. The molecule has 0 N–H and O–H groups in total. The molecule has 32 heavy (non-hydrogen) atoms. The summed E-state index contributed by atoms with van der Waals surface area (Å²) in [6.45, 7) is 11.9. The van der Waals surface area contributed by atoms with Crippen molar-refractivity contribution in [1.82, 2.24) is 30.0 Å². The average Bonchev–Trinajstić information content (AvgIpc) is 3.35. The molecule has 1 aromatic carbocycles. The number of nitriles is 1. The Hall–Kier alpha value is -3.57. The number of piperazine rings is 1. The molecule has 1 aromatic heterocycles. The lowest BCUT2D eigenvalue weighted by atomic mass is 10.0. The number of nitrogens with zero attached hydrogens (tertiary/aromatic N) is 7. The van der Waals surface area contributed by atoms with Gasteiger partial charge < -0.3 is 4.90 Å². The normalized spacial score (nSPS) is 15.5. The van der Waals surface area contributed by atoms with Gasteiger partial charge in [-0.3, -0.25) is 9.69 Å². The Morgan fingerprint density at radius 3 is 2.50 bits per heavy atom. The highest BCUT2D eigenvalue weighted by Crippen LogP contribution is 2.17. The van der Waals surface area contributed by atoms with Crippen LogP contribution in [0.5, 0.6) is 0 Å². The highest BCUT2D eigenvalue weighted by atomic mass is 16.2. The average molecular weight is 432 g/mol. The van der Waals surface area contributed by atoms with Crippen LogP contribution in [0, 0.1) is 11.3 Å². The summed E-state index contributed by atoms with van der Waals surface area (Å²) in [5, 5.41) is 20.3. The number of rotatable bonds is 8. The van der Waals surface area contributed by atoms with Gasteiger partial charge in [0, 0.05) is 38.3 Å². The van der Waals surface area contributed by atoms with Crippen LogP contribution < -0.4 is 0 Å². The largest absolute Gasteiger partial charge is 0.340 e. The molecule has 2 heterocycles. The fourth-order valence-corrected chi connectivity index (χ4v) is 3.61. The number of hydrogen-bond acceptors (Lipinski definition) is 6. The number of benzene rings is 1. The monoisotopic (exact) mass is 431 g/mol. The molecule has 1 saturated heterocycles. The van der Waals surface area contributed by atoms with E-state index in [1.807, 2.05) is 55.2 Å². The summed E-state index contributed by atoms with van der Waals surface area (Å²) in [7, 11) is 0. The number of carbonyl (C=O) groups excluding carboxylic acids is 1. The van der Waals surface area contributed by atoms with Gasteiger partial charge in [0.25, 0.3) is 0 Å². The molecule has 0 saturated carbocycles. The minimum Gasteiger partial charge on any atom is -0.340 e. The van der Waals surface area contributed by atoms with Gasteiger partial charge >= 0.3 is 0 Å². The van der Waals surface area contributed by atoms with Crippen molar-refractivity contribution in [1.29, 1.82) is 5.26 Å². The van der Waals surface area contributed by atoms with Gasteiger partial charge in [0.2, 0.25) is 5.91 Å². The zero-order valence-electron chi connectivity index (χ0n) is 18.7. The second-order valence-corrected chi connectivity index (χ2v) is 7.88. The lowest BCUT2D eigenvalue weighted by Crippen LogP contribution is -2.49. The molecule has 0 spiro atoms. The van der Waals surface area contributed by atoms with Crippen molar-refractivity contribution < 1.29 is 4.79 Å². The Balaban J connectivity index is 1.47. The minimum atomic E-state index is 0.147. The van der Waals surface area contributed by atoms with E-state index in [1.54, 1.807) is 4.68 Å². The van der Waals surface area contributed by atoms with Crippen LogP contribution in [0.4, 0.5) is 0 Å². The summed E-state index contributed by atoms with van der Waals surface area (Å²) in [6, 6.07) is 9.91. The van der Waals surface area contributed by atoms with Crippen LogP contribution >= 0.6 is 0 Å². The fourth-order valence-electron chi connectivity index (χ4n) is 3.61. The Labute approximate surface area is 189 Å². The molecule has 166 valence electrons. The maximum atomic E-state index is 12.7. The van der Waals surface area contributed by atoms with Crippen LogP contribution in [0.1, 0.15) is 25.8 Å². The quantitative estimate of drug-likeness (QED) is 0.471. The van der Waals surface area contributed by atoms with E-state index in [-0.39, 0.29) is 5.91 Å². The molecule has 0 unspecified atom stereocenters. The van der Waals surface area contributed by atoms with E-state index in [4.69, 9.17) is 5.26 Å². The zero-order valence-corrected chi connectivity index (χ0v) is 18.7. The van der Waals surface area contributed by atoms with Gasteiger partial charge in [0.15, 0.2) is 0 Å². The van der Waals surface area contributed by atoms with Gasteiger partial charge in [-0.1, -0.05) is 30.4 Å². The first-order chi connectivity index (χ1) is 15.5. The van der Waals surface area contributed by atoms with Crippen molar-refractivity contribution >= 4 is 5.91 Å². The third-order valence-electron chi connectivity index (χ3n) is 5.65. The molecule has 8 heteroatoms. The summed E-state index contributed by atoms with van der Waals surface area (Å²) >= 11 is 0. The van der Waals surface area contributed by atoms with Crippen LogP contribution in [-0.2, 0) is 11.2 Å². The highest BCUT2D eigenvalue weighted by Gasteiger charge is 2.21. The third-order valence-corrected chi connectivity index (χ3v) is 5.65. The molecule has 8 nitrogen and oxygen atoms in total. The Morgan fingerprint density at radius 2 is 1.94 bits per heavy atom. The van der Waals surface area contributed by atoms with Crippen molar-refractivity contribution in [3.63, 3.8) is 0 Å². The standard InChI is InChI=1S/C24H29N7O/c1-4-20(17-25)15-22(19(2)3)9-10-29-11-13-30(14-12-29)24(32)16-21-5-7-23(8-6-21)31-18-26-27-28-31/h4-8,15,18H,2,9-14,16H2,1,3H3. The molecule has 2 aromatic rings. The molecule has 0 atom stereocenters. The van der Waals surface area contributed by atoms with Gasteiger partial charge in [0.1, 0.15) is 6.33 Å². The zero-order chi connectivity index (χ0) is 22.9. The van der Waals surface area contributed by atoms with Crippen LogP contribution in [0.3, 0.4) is 0 Å². The van der Waals surface area contributed by atoms with E-state index in [2.05, 4.69) is 33.1 Å². The van der Waals surface area contributed by atoms with Gasteiger partial charge in [-0.05, 0) is 60.0 Å². The Morgan fingerprint density at radius 1 is 1.22 bits per heavy atom. The number of aromatic nitrogens is 4. The van der Waals surface area contributed by atoms with Crippen LogP contribution in [0.25, 0.3) is 5.69 Å². The van der Waals surface area contributed by atoms with E-state index in [0.29, 0.717) is 12.0 Å². The summed E-state index contributed by atoms with van der Waals surface area (Å²) in [5.74, 6) is 0.147. The summed E-state index contributed by atoms with van der Waals surface area (Å²) < 4.78 is 1.58. The van der Waals surface area contributed by atoms with Crippen molar-refractivity contribution in [3.8, 4) is 11.8 Å². The van der Waals surface area contributed by atoms with Gasteiger partial charge in [-0.15, -0.1) is 5.10 Å². The van der Waals surface area contributed by atoms with Gasteiger partial charge in [0.05, 0.1) is 18.2 Å². The number of tetrazole rings is 1. The number of amides is 1. The fraction of sp³-hybridized carbons (Fsp3) is 0.375. The maximum absolute atomic E-state index is 12.7. The van der Waals surface area contributed by atoms with Crippen LogP contribution in [-0.4, -0.2) is 68.6 Å². The van der Waals surface area contributed by atoms with Crippen LogP contribution in [0.15, 0.2) is 66.0 Å². The first-order valence-electron chi connectivity index (χ1n) is 10.8. The minimum absolute atomic E-state index is 0.147. The number of carbonyl (C=O) groups is 1. The van der Waals surface area contributed by atoms with Gasteiger partial charge in [-0.25, -0.2) is 4.68 Å². The molecule has 0 bridgehead atoms. The predicted octanol–water partition coefficient (Wildman–Crippen LogP) is 2.71. The first-order valence-corrected chi connectivity index (χ1v) is 10.8. The van der Waals surface area contributed by atoms with Crippen molar-refractivity contribution in [2.75, 3.05) is 32.7 Å². The number of hydrogen-bond donors (Lipinski definition) is 0.